The average molecular weight is 294 g/mol. The normalized spacial score (nSPS) is 10.5. The van der Waals surface area contributed by atoms with E-state index < -0.39 is 0 Å². The molecule has 0 saturated heterocycles. The number of nitrogens with one attached hydrogen (secondary N) is 1. The van der Waals surface area contributed by atoms with Gasteiger partial charge in [-0.25, -0.2) is 0 Å². The number of halogens is 1. The van der Waals surface area contributed by atoms with Gasteiger partial charge in [-0.2, -0.15) is 9.78 Å². The van der Waals surface area contributed by atoms with Gasteiger partial charge in [-0.05, 0) is 18.6 Å². The maximum Gasteiger partial charge on any atom is 0.292 e. The van der Waals surface area contributed by atoms with E-state index in [1.54, 1.807) is 25.4 Å². The minimum Gasteiger partial charge on any atom is -0.385 e. The highest BCUT2D eigenvalue weighted by atomic mass is 35.5. The molecule has 20 heavy (non-hydrogen) atoms. The molecule has 0 amide bonds. The third kappa shape index (κ3) is 3.37. The molecule has 0 radical (unpaired) electrons. The van der Waals surface area contributed by atoms with Gasteiger partial charge >= 0.3 is 0 Å². The van der Waals surface area contributed by atoms with Crippen LogP contribution in [0.4, 0.5) is 5.69 Å². The van der Waals surface area contributed by atoms with Crippen LogP contribution >= 0.6 is 11.6 Å². The van der Waals surface area contributed by atoms with Crippen molar-refractivity contribution in [1.82, 2.24) is 9.78 Å². The molecule has 0 aliphatic heterocycles. The molecular weight excluding hydrogens is 278 g/mol. The topological polar surface area (TPSA) is 56.1 Å². The molecule has 106 valence electrons. The lowest BCUT2D eigenvalue weighted by Gasteiger charge is -2.10. The third-order valence-electron chi connectivity index (χ3n) is 2.76. The molecule has 2 aromatic rings. The molecule has 0 atom stereocenters. The highest BCUT2D eigenvalue weighted by Gasteiger charge is 2.09. The first kappa shape index (κ1) is 14.6. The number of aromatic nitrogens is 2. The summed E-state index contributed by atoms with van der Waals surface area (Å²) in [6.07, 6.45) is 2.39. The second-order valence-corrected chi connectivity index (χ2v) is 4.58. The van der Waals surface area contributed by atoms with Crippen LogP contribution in [-0.2, 0) is 4.74 Å². The van der Waals surface area contributed by atoms with E-state index in [4.69, 9.17) is 16.3 Å². The fraction of sp³-hybridized carbons (Fsp3) is 0.286. The minimum absolute atomic E-state index is 0.140. The van der Waals surface area contributed by atoms with Crippen LogP contribution in [-0.4, -0.2) is 30.0 Å². The van der Waals surface area contributed by atoms with Gasteiger partial charge < -0.3 is 10.1 Å². The number of anilines is 1. The van der Waals surface area contributed by atoms with Gasteiger partial charge in [0.15, 0.2) is 0 Å². The fourth-order valence-corrected chi connectivity index (χ4v) is 1.94. The van der Waals surface area contributed by atoms with Crippen molar-refractivity contribution in [2.45, 2.75) is 6.42 Å². The molecule has 6 heteroatoms. The molecule has 0 aliphatic carbocycles. The molecule has 1 aromatic carbocycles. The Morgan fingerprint density at radius 2 is 2.10 bits per heavy atom. The van der Waals surface area contributed by atoms with E-state index in [-0.39, 0.29) is 10.6 Å². The van der Waals surface area contributed by atoms with Crippen LogP contribution in [0.2, 0.25) is 5.02 Å². The molecule has 0 spiro atoms. The van der Waals surface area contributed by atoms with Gasteiger partial charge in [0, 0.05) is 20.3 Å². The zero-order valence-electron chi connectivity index (χ0n) is 11.2. The Morgan fingerprint density at radius 1 is 1.35 bits per heavy atom. The van der Waals surface area contributed by atoms with Crippen LogP contribution in [0, 0.1) is 0 Å². The van der Waals surface area contributed by atoms with E-state index in [2.05, 4.69) is 10.4 Å². The average Bonchev–Trinajstić information content (AvgIpc) is 2.49. The van der Waals surface area contributed by atoms with E-state index >= 15 is 0 Å². The van der Waals surface area contributed by atoms with Crippen LogP contribution in [0.1, 0.15) is 6.42 Å². The van der Waals surface area contributed by atoms with Gasteiger partial charge in [0.1, 0.15) is 5.02 Å². The summed E-state index contributed by atoms with van der Waals surface area (Å²) in [5, 5.41) is 7.35. The Morgan fingerprint density at radius 3 is 2.80 bits per heavy atom. The smallest absolute Gasteiger partial charge is 0.292 e. The first-order valence-electron chi connectivity index (χ1n) is 6.30. The highest BCUT2D eigenvalue weighted by molar-refractivity contribution is 6.32. The monoisotopic (exact) mass is 293 g/mol. The standard InChI is InChI=1S/C14H16ClN3O2/c1-20-9-5-8-16-12-10-17-18(14(19)13(12)15)11-6-3-2-4-7-11/h2-4,6-7,10,16H,5,8-9H2,1H3. The molecular formula is C14H16ClN3O2. The van der Waals surface area contributed by atoms with Crippen LogP contribution in [0.25, 0.3) is 5.69 Å². The Kier molecular flexibility index (Phi) is 5.15. The van der Waals surface area contributed by atoms with Crippen molar-refractivity contribution < 1.29 is 4.74 Å². The maximum absolute atomic E-state index is 12.2. The van der Waals surface area contributed by atoms with Gasteiger partial charge in [0.25, 0.3) is 5.56 Å². The number of hydrogen-bond acceptors (Lipinski definition) is 4. The lowest BCUT2D eigenvalue weighted by atomic mass is 10.3. The highest BCUT2D eigenvalue weighted by Crippen LogP contribution is 2.16. The second kappa shape index (κ2) is 7.07. The van der Waals surface area contributed by atoms with Crippen LogP contribution in [0.15, 0.2) is 41.3 Å². The first-order chi connectivity index (χ1) is 9.74. The van der Waals surface area contributed by atoms with Gasteiger partial charge in [0.2, 0.25) is 0 Å². The fourth-order valence-electron chi connectivity index (χ4n) is 1.75. The summed E-state index contributed by atoms with van der Waals surface area (Å²) in [4.78, 5) is 12.2. The predicted molar refractivity (Wildman–Crippen MR) is 79.8 cm³/mol. The number of para-hydroxylation sites is 1. The van der Waals surface area contributed by atoms with Gasteiger partial charge in [-0.3, -0.25) is 4.79 Å². The number of methoxy groups -OCH3 is 1. The summed E-state index contributed by atoms with van der Waals surface area (Å²) in [5.74, 6) is 0. The van der Waals surface area contributed by atoms with Crippen molar-refractivity contribution in [3.63, 3.8) is 0 Å². The van der Waals surface area contributed by atoms with Crippen LogP contribution in [0.3, 0.4) is 0 Å². The second-order valence-electron chi connectivity index (χ2n) is 4.20. The molecule has 0 bridgehead atoms. The van der Waals surface area contributed by atoms with Crippen molar-refractivity contribution >= 4 is 17.3 Å². The quantitative estimate of drug-likeness (QED) is 0.831. The van der Waals surface area contributed by atoms with E-state index in [9.17, 15) is 4.79 Å². The van der Waals surface area contributed by atoms with Crippen molar-refractivity contribution in [2.24, 2.45) is 0 Å². The van der Waals surface area contributed by atoms with Gasteiger partial charge in [-0.15, -0.1) is 0 Å². The SMILES string of the molecule is COCCCNc1cnn(-c2ccccc2)c(=O)c1Cl. The first-order valence-corrected chi connectivity index (χ1v) is 6.68. The summed E-state index contributed by atoms with van der Waals surface area (Å²) in [7, 11) is 1.65. The van der Waals surface area contributed by atoms with Crippen molar-refractivity contribution in [3.8, 4) is 5.69 Å². The minimum atomic E-state index is -0.338. The predicted octanol–water partition coefficient (Wildman–Crippen LogP) is 2.33. The largest absolute Gasteiger partial charge is 0.385 e. The Balaban J connectivity index is 2.19. The third-order valence-corrected chi connectivity index (χ3v) is 3.13. The molecule has 0 aliphatic rings. The number of nitrogens with zero attached hydrogens (tertiary/aromatic N) is 2. The lowest BCUT2D eigenvalue weighted by Crippen LogP contribution is -2.23. The molecule has 1 N–H and O–H groups in total. The van der Waals surface area contributed by atoms with Crippen molar-refractivity contribution in [2.75, 3.05) is 25.6 Å². The number of benzene rings is 1. The molecule has 0 saturated carbocycles. The Hall–Kier alpha value is -1.85. The zero-order valence-corrected chi connectivity index (χ0v) is 11.9. The number of rotatable bonds is 6. The summed E-state index contributed by atoms with van der Waals surface area (Å²) in [6, 6.07) is 9.16. The van der Waals surface area contributed by atoms with Gasteiger partial charge in [-0.1, -0.05) is 29.8 Å². The molecule has 5 nitrogen and oxygen atoms in total. The van der Waals surface area contributed by atoms with E-state index in [0.29, 0.717) is 24.5 Å². The Bertz CT molecular complexity index is 614. The number of hydrogen-bond donors (Lipinski definition) is 1. The van der Waals surface area contributed by atoms with Crippen molar-refractivity contribution in [3.05, 3.63) is 51.9 Å². The molecule has 0 unspecified atom stereocenters. The summed E-state index contributed by atoms with van der Waals surface area (Å²) in [5.41, 5.74) is 0.889. The van der Waals surface area contributed by atoms with Crippen LogP contribution < -0.4 is 10.9 Å². The number of ether oxygens (including phenoxy) is 1. The van der Waals surface area contributed by atoms with Gasteiger partial charge in [0.05, 0.1) is 17.6 Å². The maximum atomic E-state index is 12.2. The lowest BCUT2D eigenvalue weighted by molar-refractivity contribution is 0.198. The molecule has 2 rings (SSSR count). The van der Waals surface area contributed by atoms with E-state index in [1.165, 1.54) is 4.68 Å². The summed E-state index contributed by atoms with van der Waals surface area (Å²) < 4.78 is 6.24. The van der Waals surface area contributed by atoms with E-state index in [0.717, 1.165) is 6.42 Å². The van der Waals surface area contributed by atoms with Crippen molar-refractivity contribution in [1.29, 1.82) is 0 Å². The summed E-state index contributed by atoms with van der Waals surface area (Å²) >= 11 is 6.09. The molecule has 0 fully saturated rings. The molecule has 1 aromatic heterocycles. The van der Waals surface area contributed by atoms with Crippen LogP contribution in [0.5, 0.6) is 0 Å². The molecule has 1 heterocycles. The van der Waals surface area contributed by atoms with E-state index in [1.807, 2.05) is 18.2 Å². The Labute approximate surface area is 122 Å². The zero-order chi connectivity index (χ0) is 14.4. The summed E-state index contributed by atoms with van der Waals surface area (Å²) in [6.45, 7) is 1.32.